The summed E-state index contributed by atoms with van der Waals surface area (Å²) in [4.78, 5) is 4.42. The summed E-state index contributed by atoms with van der Waals surface area (Å²) >= 11 is 3.36. The van der Waals surface area contributed by atoms with E-state index in [4.69, 9.17) is 0 Å². The third kappa shape index (κ3) is 2.48. The molecule has 3 heterocycles. The van der Waals surface area contributed by atoms with E-state index >= 15 is 0 Å². The molecular formula is C12H12BrF2N5. The van der Waals surface area contributed by atoms with Gasteiger partial charge in [0.1, 0.15) is 5.65 Å². The number of allylic oxidation sites excluding steroid dienone is 1. The molecule has 0 saturated carbocycles. The van der Waals surface area contributed by atoms with E-state index < -0.39 is 6.43 Å². The van der Waals surface area contributed by atoms with Crippen molar-refractivity contribution in [2.24, 2.45) is 0 Å². The van der Waals surface area contributed by atoms with Gasteiger partial charge in [0.2, 0.25) is 0 Å². The summed E-state index contributed by atoms with van der Waals surface area (Å²) in [5.74, 6) is 0. The fourth-order valence-corrected chi connectivity index (χ4v) is 2.55. The molecule has 0 aliphatic carbocycles. The summed E-state index contributed by atoms with van der Waals surface area (Å²) in [6, 6.07) is 3.00. The summed E-state index contributed by atoms with van der Waals surface area (Å²) in [7, 11) is 1.87. The van der Waals surface area contributed by atoms with Crippen LogP contribution in [0.4, 0.5) is 8.78 Å². The number of hydrogen-bond acceptors (Lipinski definition) is 4. The van der Waals surface area contributed by atoms with Crippen molar-refractivity contribution in [2.75, 3.05) is 7.05 Å². The van der Waals surface area contributed by atoms with Crippen molar-refractivity contribution in [3.05, 3.63) is 47.7 Å². The minimum Gasteiger partial charge on any atom is -0.306 e. The number of halogens is 3. The molecule has 1 aliphatic rings. The zero-order chi connectivity index (χ0) is 14.3. The van der Waals surface area contributed by atoms with Gasteiger partial charge >= 0.3 is 0 Å². The van der Waals surface area contributed by atoms with Gasteiger partial charge < -0.3 is 4.40 Å². The zero-order valence-corrected chi connectivity index (χ0v) is 12.2. The predicted octanol–water partition coefficient (Wildman–Crippen LogP) is 2.63. The first-order valence-electron chi connectivity index (χ1n) is 5.94. The molecule has 5 nitrogen and oxygen atoms in total. The maximum atomic E-state index is 12.7. The van der Waals surface area contributed by atoms with Crippen LogP contribution in [-0.4, -0.2) is 25.5 Å². The Balaban J connectivity index is 1.88. The van der Waals surface area contributed by atoms with Crippen LogP contribution in [-0.2, 0) is 6.42 Å². The van der Waals surface area contributed by atoms with Gasteiger partial charge in [-0.05, 0) is 12.1 Å². The van der Waals surface area contributed by atoms with Crippen LogP contribution in [0.2, 0.25) is 0 Å². The van der Waals surface area contributed by atoms with Crippen LogP contribution in [0.3, 0.4) is 0 Å². The molecule has 0 bridgehead atoms. The molecule has 0 aromatic carbocycles. The molecule has 3 rings (SSSR count). The van der Waals surface area contributed by atoms with Gasteiger partial charge in [-0.25, -0.2) is 17.8 Å². The topological polar surface area (TPSA) is 35.8 Å². The summed E-state index contributed by atoms with van der Waals surface area (Å²) in [6.45, 7) is 0. The highest BCUT2D eigenvalue weighted by Gasteiger charge is 2.17. The van der Waals surface area contributed by atoms with Crippen LogP contribution < -0.4 is 5.53 Å². The van der Waals surface area contributed by atoms with E-state index in [1.54, 1.807) is 25.7 Å². The minimum absolute atomic E-state index is 0.00921. The third-order valence-corrected chi connectivity index (χ3v) is 3.59. The van der Waals surface area contributed by atoms with Crippen LogP contribution in [0.5, 0.6) is 0 Å². The molecule has 1 N–H and O–H groups in total. The minimum atomic E-state index is -2.47. The van der Waals surface area contributed by atoms with E-state index in [1.165, 1.54) is 12.3 Å². The van der Waals surface area contributed by atoms with Crippen molar-refractivity contribution in [3.8, 4) is 0 Å². The van der Waals surface area contributed by atoms with Crippen molar-refractivity contribution in [2.45, 2.75) is 12.8 Å². The quantitative estimate of drug-likeness (QED) is 0.869. The van der Waals surface area contributed by atoms with Crippen molar-refractivity contribution >= 4 is 21.8 Å². The lowest BCUT2D eigenvalue weighted by Crippen LogP contribution is -2.31. The zero-order valence-electron chi connectivity index (χ0n) is 10.6. The highest BCUT2D eigenvalue weighted by Crippen LogP contribution is 2.21. The molecule has 0 unspecified atom stereocenters. The van der Waals surface area contributed by atoms with Gasteiger partial charge in [-0.1, -0.05) is 0 Å². The SMILES string of the molecule is CN1C=C(Cc2cn3cc(C(F)F)ccc3n2)N(Br)N1. The lowest BCUT2D eigenvalue weighted by Gasteiger charge is -2.14. The molecular weight excluding hydrogens is 332 g/mol. The number of nitrogens with one attached hydrogen (secondary N) is 1. The Kier molecular flexibility index (Phi) is 3.35. The number of imidazole rings is 1. The van der Waals surface area contributed by atoms with E-state index in [9.17, 15) is 8.78 Å². The molecule has 0 saturated heterocycles. The Morgan fingerprint density at radius 1 is 1.35 bits per heavy atom. The van der Waals surface area contributed by atoms with Crippen LogP contribution in [0.1, 0.15) is 17.7 Å². The van der Waals surface area contributed by atoms with Gasteiger partial charge in [-0.15, -0.1) is 5.53 Å². The Morgan fingerprint density at radius 3 is 2.80 bits per heavy atom. The molecule has 0 amide bonds. The Morgan fingerprint density at radius 2 is 2.15 bits per heavy atom. The Hall–Kier alpha value is -1.67. The normalized spacial score (nSPS) is 15.6. The maximum Gasteiger partial charge on any atom is 0.265 e. The third-order valence-electron chi connectivity index (χ3n) is 2.98. The average Bonchev–Trinajstić information content (AvgIpc) is 2.91. The summed E-state index contributed by atoms with van der Waals surface area (Å²) in [5.41, 5.74) is 5.44. The monoisotopic (exact) mass is 343 g/mol. The molecule has 106 valence electrons. The highest BCUT2D eigenvalue weighted by molar-refractivity contribution is 9.07. The van der Waals surface area contributed by atoms with E-state index in [0.717, 1.165) is 11.4 Å². The fraction of sp³-hybridized carbons (Fsp3) is 0.250. The smallest absolute Gasteiger partial charge is 0.265 e. The molecule has 20 heavy (non-hydrogen) atoms. The fourth-order valence-electron chi connectivity index (χ4n) is 2.08. The maximum absolute atomic E-state index is 12.7. The van der Waals surface area contributed by atoms with Gasteiger partial charge in [-0.3, -0.25) is 5.01 Å². The molecule has 8 heteroatoms. The van der Waals surface area contributed by atoms with Crippen molar-refractivity contribution in [1.82, 2.24) is 24.0 Å². The van der Waals surface area contributed by atoms with Crippen LogP contribution >= 0.6 is 16.1 Å². The Labute approximate surface area is 122 Å². The average molecular weight is 344 g/mol. The van der Waals surface area contributed by atoms with Gasteiger partial charge in [0.15, 0.2) is 0 Å². The number of hydrogen-bond donors (Lipinski definition) is 1. The lowest BCUT2D eigenvalue weighted by atomic mass is 10.3. The summed E-state index contributed by atoms with van der Waals surface area (Å²) in [6.07, 6.45) is 3.22. The Bertz CT molecular complexity index is 669. The number of pyridine rings is 1. The summed E-state index contributed by atoms with van der Waals surface area (Å²) < 4.78 is 28.6. The molecule has 0 fully saturated rings. The largest absolute Gasteiger partial charge is 0.306 e. The van der Waals surface area contributed by atoms with Crippen molar-refractivity contribution in [3.63, 3.8) is 0 Å². The molecule has 1 aliphatic heterocycles. The molecule has 2 aromatic heterocycles. The summed E-state index contributed by atoms with van der Waals surface area (Å²) in [5, 5.41) is 1.80. The number of nitrogens with zero attached hydrogens (tertiary/aromatic N) is 4. The molecule has 2 aromatic rings. The van der Waals surface area contributed by atoms with E-state index in [2.05, 4.69) is 26.7 Å². The van der Waals surface area contributed by atoms with Crippen LogP contribution in [0.25, 0.3) is 5.65 Å². The van der Waals surface area contributed by atoms with Crippen LogP contribution in [0, 0.1) is 0 Å². The molecule has 0 atom stereocenters. The van der Waals surface area contributed by atoms with Gasteiger partial charge in [0.25, 0.3) is 6.43 Å². The van der Waals surface area contributed by atoms with Gasteiger partial charge in [0.05, 0.1) is 27.5 Å². The number of hydrazine groups is 2. The van der Waals surface area contributed by atoms with Gasteiger partial charge in [0, 0.05) is 37.6 Å². The van der Waals surface area contributed by atoms with Gasteiger partial charge in [-0.2, -0.15) is 0 Å². The van der Waals surface area contributed by atoms with E-state index in [0.29, 0.717) is 12.1 Å². The number of rotatable bonds is 3. The first-order valence-corrected chi connectivity index (χ1v) is 6.65. The predicted molar refractivity (Wildman–Crippen MR) is 73.6 cm³/mol. The van der Waals surface area contributed by atoms with Crippen LogP contribution in [0.15, 0.2) is 36.4 Å². The lowest BCUT2D eigenvalue weighted by molar-refractivity contribution is 0.151. The second-order valence-electron chi connectivity index (χ2n) is 4.55. The standard InChI is InChI=1S/C12H12BrF2N5/c1-18-7-10(20(13)17-18)4-9-6-19-5-8(12(14)15)2-3-11(19)16-9/h2-3,5-7,12,17H,4H2,1H3. The van der Waals surface area contributed by atoms with Crippen molar-refractivity contribution < 1.29 is 8.78 Å². The number of fused-ring (bicyclic) bond motifs is 1. The molecule has 0 spiro atoms. The second kappa shape index (κ2) is 5.02. The first kappa shape index (κ1) is 13.3. The molecule has 0 radical (unpaired) electrons. The second-order valence-corrected chi connectivity index (χ2v) is 5.26. The van der Waals surface area contributed by atoms with E-state index in [-0.39, 0.29) is 5.56 Å². The van der Waals surface area contributed by atoms with Crippen molar-refractivity contribution in [1.29, 1.82) is 0 Å². The number of aromatic nitrogens is 2. The highest BCUT2D eigenvalue weighted by atomic mass is 79.9. The van der Waals surface area contributed by atoms with E-state index in [1.807, 2.05) is 13.2 Å². The first-order chi connectivity index (χ1) is 9.52. The number of alkyl halides is 2.